The van der Waals surface area contributed by atoms with Crippen molar-refractivity contribution in [3.8, 4) is 23.3 Å². The van der Waals surface area contributed by atoms with Crippen molar-refractivity contribution in [1.29, 1.82) is 10.5 Å². The maximum Gasteiger partial charge on any atom is 0.295 e. The van der Waals surface area contributed by atoms with Crippen molar-refractivity contribution in [3.63, 3.8) is 0 Å². The number of rotatable bonds is 13. The third-order valence-corrected chi connectivity index (χ3v) is 13.9. The van der Waals surface area contributed by atoms with E-state index in [2.05, 4.69) is 42.1 Å². The van der Waals surface area contributed by atoms with Crippen LogP contribution in [0, 0.1) is 29.6 Å². The Morgan fingerprint density at radius 3 is 1.64 bits per heavy atom. The second kappa shape index (κ2) is 17.9. The van der Waals surface area contributed by atoms with Crippen molar-refractivity contribution >= 4 is 107 Å². The maximum absolute atomic E-state index is 12.5. The van der Waals surface area contributed by atoms with E-state index in [0.717, 1.165) is 53.8 Å². The highest BCUT2D eigenvalue weighted by atomic mass is 32.2. The molecule has 0 atom stereocenters. The lowest BCUT2D eigenvalue weighted by molar-refractivity contribution is 0.481. The summed E-state index contributed by atoms with van der Waals surface area (Å²) in [6, 6.07) is 27.6. The van der Waals surface area contributed by atoms with E-state index in [1.54, 1.807) is 30.3 Å². The monoisotopic (exact) mass is 985 g/mol. The van der Waals surface area contributed by atoms with Gasteiger partial charge in [-0.1, -0.05) is 53.8 Å². The Labute approximate surface area is 379 Å². The largest absolute Gasteiger partial charge is 0.339 e. The molecule has 334 valence electrons. The van der Waals surface area contributed by atoms with Crippen LogP contribution in [0.1, 0.15) is 16.7 Å². The molecule has 0 spiro atoms. The van der Waals surface area contributed by atoms with Gasteiger partial charge in [0.15, 0.2) is 16.6 Å². The first-order chi connectivity index (χ1) is 31.1. The van der Waals surface area contributed by atoms with E-state index >= 15 is 0 Å². The summed E-state index contributed by atoms with van der Waals surface area (Å²) in [6.07, 6.45) is 0. The van der Waals surface area contributed by atoms with Crippen molar-refractivity contribution in [2.24, 2.45) is 20.5 Å². The molecule has 0 aliphatic rings. The number of hydrogen-bond donors (Lipinski definition) is 6. The maximum atomic E-state index is 12.5. The normalized spacial score (nSPS) is 12.3. The average molecular weight is 986 g/mol. The molecule has 21 nitrogen and oxygen atoms in total. The first-order valence-electron chi connectivity index (χ1n) is 18.2. The molecule has 0 radical (unpaired) electrons. The Morgan fingerprint density at radius 2 is 1.11 bits per heavy atom. The molecule has 7 rings (SSSR count). The third kappa shape index (κ3) is 9.96. The molecule has 0 fully saturated rings. The molecule has 7 aromatic rings. The highest BCUT2D eigenvalue weighted by Crippen LogP contribution is 2.49. The van der Waals surface area contributed by atoms with Crippen LogP contribution in [0.15, 0.2) is 149 Å². The number of pyridine rings is 1. The van der Waals surface area contributed by atoms with Crippen molar-refractivity contribution in [2.45, 2.75) is 26.5 Å². The lowest BCUT2D eigenvalue weighted by atomic mass is 10.0. The molecule has 2 aromatic heterocycles. The molecule has 5 aromatic carbocycles. The van der Waals surface area contributed by atoms with Gasteiger partial charge in [0, 0.05) is 33.3 Å². The summed E-state index contributed by atoms with van der Waals surface area (Å²) < 4.78 is 135. The predicted octanol–water partition coefficient (Wildman–Crippen LogP) is 9.32. The lowest BCUT2D eigenvalue weighted by Gasteiger charge is -2.16. The summed E-state index contributed by atoms with van der Waals surface area (Å²) in [5, 5.41) is 43.4. The number of anilines is 4. The van der Waals surface area contributed by atoms with Gasteiger partial charge in [-0.2, -0.15) is 44.2 Å². The summed E-state index contributed by atoms with van der Waals surface area (Å²) in [6.45, 7) is 1.50. The van der Waals surface area contributed by atoms with Gasteiger partial charge in [-0.3, -0.25) is 18.2 Å². The van der Waals surface area contributed by atoms with E-state index < -0.39 is 60.1 Å². The minimum Gasteiger partial charge on any atom is -0.339 e. The first kappa shape index (κ1) is 46.6. The van der Waals surface area contributed by atoms with Crippen LogP contribution in [-0.2, 0) is 40.5 Å². The zero-order chi connectivity index (χ0) is 47.8. The van der Waals surface area contributed by atoms with Gasteiger partial charge in [0.2, 0.25) is 0 Å². The molecule has 0 saturated carbocycles. The molecule has 0 bridgehead atoms. The zero-order valence-electron chi connectivity index (χ0n) is 33.1. The molecule has 6 N–H and O–H groups in total. The van der Waals surface area contributed by atoms with Crippen molar-refractivity contribution in [3.05, 3.63) is 126 Å². The number of nitriles is 2. The van der Waals surface area contributed by atoms with Gasteiger partial charge >= 0.3 is 0 Å². The fourth-order valence-electron chi connectivity index (χ4n) is 6.35. The summed E-state index contributed by atoms with van der Waals surface area (Å²) in [4.78, 5) is 2.32. The topological polar surface area (TPSA) is 351 Å². The van der Waals surface area contributed by atoms with Crippen LogP contribution in [0.5, 0.6) is 0 Å². The molecule has 0 aliphatic carbocycles. The molecule has 0 unspecified atom stereocenters. The second-order valence-corrected chi connectivity index (χ2v) is 20.2. The van der Waals surface area contributed by atoms with Gasteiger partial charge in [-0.05, 0) is 79.2 Å². The van der Waals surface area contributed by atoms with Crippen molar-refractivity contribution < 1.29 is 51.9 Å². The Kier molecular flexibility index (Phi) is 12.6. The molecule has 0 saturated heterocycles. The second-order valence-electron chi connectivity index (χ2n) is 13.6. The number of aromatic nitrogens is 1. The van der Waals surface area contributed by atoms with Crippen molar-refractivity contribution in [2.75, 3.05) is 10.6 Å². The van der Waals surface area contributed by atoms with Crippen molar-refractivity contribution in [1.82, 2.24) is 4.98 Å². The summed E-state index contributed by atoms with van der Waals surface area (Å²) in [5.41, 5.74) is 0.785. The fourth-order valence-corrected chi connectivity index (χ4v) is 9.65. The van der Waals surface area contributed by atoms with Gasteiger partial charge in [0.1, 0.15) is 38.2 Å². The van der Waals surface area contributed by atoms with Gasteiger partial charge < -0.3 is 10.6 Å². The van der Waals surface area contributed by atoms with E-state index in [1.165, 1.54) is 43.3 Å². The highest BCUT2D eigenvalue weighted by Gasteiger charge is 2.25. The molecular formula is C40H27N9O12S5. The van der Waals surface area contributed by atoms with E-state index in [1.807, 2.05) is 6.07 Å². The Bertz CT molecular complexity index is 3720. The zero-order valence-corrected chi connectivity index (χ0v) is 37.2. The molecule has 26 heteroatoms. The molecular weight excluding hydrogens is 959 g/mol. The Hall–Kier alpha value is -7.37. The first-order valence-corrected chi connectivity index (χ1v) is 24.8. The SMILES string of the molecule is Cc1c(C#N)c(Nc2ccc(S(=O)(=O)O)cc2)nc(Nc2ccc(S(=O)(=O)O)cc2)c1N=Nc1sc(N=Nc2cc(S(=O)(=O)O)c3cccc(S(=O)(=O)O)c3c2)c(-c2ccccc2)c1C#N. The fraction of sp³-hybridized carbons (Fsp3) is 0.0250. The van der Waals surface area contributed by atoms with Crippen LogP contribution in [0.25, 0.3) is 21.9 Å². The summed E-state index contributed by atoms with van der Waals surface area (Å²) in [5.74, 6) is -0.150. The number of azo groups is 2. The van der Waals surface area contributed by atoms with Crippen LogP contribution in [0.4, 0.5) is 44.4 Å². The Morgan fingerprint density at radius 1 is 0.561 bits per heavy atom. The third-order valence-electron chi connectivity index (χ3n) is 9.36. The number of thiophene rings is 1. The summed E-state index contributed by atoms with van der Waals surface area (Å²) in [7, 11) is -19.0. The van der Waals surface area contributed by atoms with Gasteiger partial charge in [-0.25, -0.2) is 4.98 Å². The average Bonchev–Trinajstić information content (AvgIpc) is 3.61. The Balaban J connectivity index is 1.38. The highest BCUT2D eigenvalue weighted by molar-refractivity contribution is 7.86. The van der Waals surface area contributed by atoms with Crippen LogP contribution in [-0.4, -0.2) is 56.9 Å². The van der Waals surface area contributed by atoms with Gasteiger partial charge in [0.05, 0.1) is 21.0 Å². The smallest absolute Gasteiger partial charge is 0.295 e. The standard InChI is InChI=1S/C40H27N9O12S5/c1-22-31(20-41)37(43-24-10-14-27(15-11-24)63(50,51)52)45-38(44-25-12-16-28(17-13-25)64(53,54)55)36(22)47-48-39-32(21-42)35(23-6-3-2-4-7-23)40(62-39)49-46-26-18-30-29(34(19-26)66(59,60)61)8-5-9-33(30)65(56,57)58/h2-19H,1H3,(H2,43,44,45)(H,50,51,52)(H,53,54,55)(H,56,57,58)(H,59,60,61). The van der Waals surface area contributed by atoms with E-state index in [4.69, 9.17) is 0 Å². The van der Waals surface area contributed by atoms with Gasteiger partial charge in [-0.15, -0.1) is 20.5 Å². The molecule has 66 heavy (non-hydrogen) atoms. The van der Waals surface area contributed by atoms with Crippen LogP contribution in [0.3, 0.4) is 0 Å². The number of nitrogens with one attached hydrogen (secondary N) is 2. The van der Waals surface area contributed by atoms with Crippen LogP contribution >= 0.6 is 11.3 Å². The quantitative estimate of drug-likeness (QED) is 0.0462. The molecule has 2 heterocycles. The summed E-state index contributed by atoms with van der Waals surface area (Å²) >= 11 is 0.796. The van der Waals surface area contributed by atoms with Crippen LogP contribution < -0.4 is 10.6 Å². The van der Waals surface area contributed by atoms with Gasteiger partial charge in [0.25, 0.3) is 40.5 Å². The van der Waals surface area contributed by atoms with E-state index in [-0.39, 0.29) is 77.4 Å². The molecule has 0 amide bonds. The molecule has 0 aliphatic heterocycles. The number of hydrogen-bond acceptors (Lipinski definition) is 18. The minimum atomic E-state index is -5.00. The number of fused-ring (bicyclic) bond motifs is 1. The van der Waals surface area contributed by atoms with E-state index in [9.17, 15) is 62.4 Å². The van der Waals surface area contributed by atoms with E-state index in [0.29, 0.717) is 5.56 Å². The minimum absolute atomic E-state index is 0.0210. The van der Waals surface area contributed by atoms with Crippen LogP contribution in [0.2, 0.25) is 0 Å². The number of nitrogens with zero attached hydrogens (tertiary/aromatic N) is 7. The number of benzene rings is 5. The predicted molar refractivity (Wildman–Crippen MR) is 239 cm³/mol. The lowest BCUT2D eigenvalue weighted by Crippen LogP contribution is -2.05.